The largest absolute Gasteiger partial charge is 0.506 e. The molecule has 1 aromatic carbocycles. The van der Waals surface area contributed by atoms with Gasteiger partial charge >= 0.3 is 0 Å². The Labute approximate surface area is 224 Å². The van der Waals surface area contributed by atoms with Gasteiger partial charge in [0.25, 0.3) is 0 Å². The summed E-state index contributed by atoms with van der Waals surface area (Å²) in [6.45, 7) is -0.690. The smallest absolute Gasteiger partial charge is 0.200 e. The fourth-order valence-electron chi connectivity index (χ4n) is 3.00. The van der Waals surface area contributed by atoms with Crippen LogP contribution in [0.3, 0.4) is 0 Å². The van der Waals surface area contributed by atoms with E-state index in [9.17, 15) is 45.6 Å². The van der Waals surface area contributed by atoms with Gasteiger partial charge in [0, 0.05) is 24.9 Å². The molecule has 1 rings (SSSR count). The summed E-state index contributed by atoms with van der Waals surface area (Å²) in [5.74, 6) is -2.33. The van der Waals surface area contributed by atoms with E-state index < -0.39 is 67.6 Å². The molecule has 0 unspecified atom stereocenters. The molecule has 216 valence electrons. The van der Waals surface area contributed by atoms with Crippen molar-refractivity contribution in [2.45, 2.75) is 49.6 Å². The Kier molecular flexibility index (Phi) is 15.1. The van der Waals surface area contributed by atoms with Gasteiger partial charge in [-0.2, -0.15) is 0 Å². The van der Waals surface area contributed by atoms with Crippen LogP contribution in [0.25, 0.3) is 0 Å². The molecule has 13 nitrogen and oxygen atoms in total. The van der Waals surface area contributed by atoms with Crippen LogP contribution in [0.5, 0.6) is 5.75 Å². The van der Waals surface area contributed by atoms with E-state index in [1.165, 1.54) is 11.8 Å². The summed E-state index contributed by atoms with van der Waals surface area (Å²) < 4.78 is 5.69. The molecule has 0 saturated carbocycles. The molecular weight excluding hydrogens is 526 g/mol. The first kappa shape index (κ1) is 33.5. The van der Waals surface area contributed by atoms with Gasteiger partial charge in [0.15, 0.2) is 22.4 Å². The molecule has 0 fully saturated rings. The third-order valence-corrected chi connectivity index (χ3v) is 6.35. The molecule has 0 amide bonds. The van der Waals surface area contributed by atoms with E-state index in [-0.39, 0.29) is 18.3 Å². The number of aliphatic hydroxyl groups excluding tert-OH is 10. The van der Waals surface area contributed by atoms with Gasteiger partial charge in [-0.25, -0.2) is 0 Å². The number of hydrogen-bond acceptors (Lipinski definition) is 14. The van der Waals surface area contributed by atoms with Gasteiger partial charge in [-0.15, -0.1) is 0 Å². The quantitative estimate of drug-likeness (QED) is 0.0814. The monoisotopic (exact) mass is 563 g/mol. The van der Waals surface area contributed by atoms with Crippen LogP contribution in [0, 0.1) is 0 Å². The van der Waals surface area contributed by atoms with Gasteiger partial charge in [-0.1, -0.05) is 30.8 Å². The lowest BCUT2D eigenvalue weighted by Gasteiger charge is -2.30. The number of nitrogens with zero attached hydrogens (tertiary/aromatic N) is 1. The highest BCUT2D eigenvalue weighted by atomic mass is 32.2. The van der Waals surface area contributed by atoms with Crippen LogP contribution in [-0.2, 0) is 10.5 Å². The second-order valence-corrected chi connectivity index (χ2v) is 9.28. The molecule has 10 N–H and O–H groups in total. The molecule has 0 bridgehead atoms. The fourth-order valence-corrected chi connectivity index (χ4v) is 3.71. The molecule has 5 atom stereocenters. The highest BCUT2D eigenvalue weighted by Crippen LogP contribution is 2.20. The average molecular weight is 564 g/mol. The molecule has 0 aliphatic heterocycles. The fraction of sp³-hybridized carbons (Fsp3) is 0.542. The maximum atomic E-state index is 11.5. The standard InChI is InChI=1S/C24H37NO12S/c1-2-20(32)38-13-14-4-3-5-15(8-14)37-7-6-25(9-16(28)21(33)23(35)18(30)11-26)10-17(29)22(34)24(36)19(31)12-27/h3-5,8-9,17-19,22,24,26-31,33-36H,2,6-7,10-13H2,1H3/b16-9-,23-21+/t17-,18-,19-,22-,24-/m1/s1. The van der Waals surface area contributed by atoms with Gasteiger partial charge in [-0.05, 0) is 17.7 Å². The number of carbonyl (C=O) groups is 1. The Hall–Kier alpha value is -2.56. The first-order valence-electron chi connectivity index (χ1n) is 11.7. The Balaban J connectivity index is 3.01. The van der Waals surface area contributed by atoms with Gasteiger partial charge in [0.2, 0.25) is 0 Å². The second-order valence-electron chi connectivity index (χ2n) is 8.25. The van der Waals surface area contributed by atoms with Crippen molar-refractivity contribution in [2.24, 2.45) is 0 Å². The van der Waals surface area contributed by atoms with E-state index in [0.29, 0.717) is 17.9 Å². The van der Waals surface area contributed by atoms with E-state index in [1.54, 1.807) is 25.1 Å². The molecule has 0 radical (unpaired) electrons. The van der Waals surface area contributed by atoms with E-state index in [1.807, 2.05) is 6.07 Å². The van der Waals surface area contributed by atoms with Crippen molar-refractivity contribution in [1.29, 1.82) is 0 Å². The van der Waals surface area contributed by atoms with Gasteiger partial charge in [0.1, 0.15) is 36.8 Å². The lowest BCUT2D eigenvalue weighted by Crippen LogP contribution is -2.49. The number of carbonyl (C=O) groups excluding carboxylic acids is 1. The first-order valence-corrected chi connectivity index (χ1v) is 12.7. The van der Waals surface area contributed by atoms with Crippen LogP contribution in [-0.4, -0.2) is 125 Å². The van der Waals surface area contributed by atoms with Gasteiger partial charge < -0.3 is 60.7 Å². The van der Waals surface area contributed by atoms with Crippen molar-refractivity contribution in [2.75, 3.05) is 32.9 Å². The molecule has 0 aliphatic carbocycles. The summed E-state index contributed by atoms with van der Waals surface area (Å²) in [5.41, 5.74) is 0.839. The average Bonchev–Trinajstić information content (AvgIpc) is 2.93. The topological polar surface area (TPSA) is 232 Å². The highest BCUT2D eigenvalue weighted by molar-refractivity contribution is 8.12. The molecule has 14 heteroatoms. The van der Waals surface area contributed by atoms with Crippen molar-refractivity contribution >= 4 is 16.9 Å². The van der Waals surface area contributed by atoms with E-state index in [4.69, 9.17) is 14.9 Å². The van der Waals surface area contributed by atoms with Crippen molar-refractivity contribution in [3.8, 4) is 5.75 Å². The second kappa shape index (κ2) is 17.1. The summed E-state index contributed by atoms with van der Waals surface area (Å²) in [7, 11) is 0. The number of benzene rings is 1. The summed E-state index contributed by atoms with van der Waals surface area (Å²) in [5, 5.41) is 97.1. The maximum absolute atomic E-state index is 11.5. The summed E-state index contributed by atoms with van der Waals surface area (Å²) in [4.78, 5) is 12.7. The Bertz CT molecular complexity index is 927. The third-order valence-electron chi connectivity index (χ3n) is 5.26. The predicted octanol–water partition coefficient (Wildman–Crippen LogP) is -0.947. The first-order chi connectivity index (χ1) is 17.9. The SMILES string of the molecule is CCC(=O)SCc1cccc(OCCN(/C=C(O)/C(O)=C(\O)[C@H](O)CO)C[C@@H](O)[C@@H](O)[C@H](O)[C@H](O)CO)c1. The minimum absolute atomic E-state index is 0.0470. The van der Waals surface area contributed by atoms with Crippen LogP contribution in [0.1, 0.15) is 18.9 Å². The molecule has 38 heavy (non-hydrogen) atoms. The van der Waals surface area contributed by atoms with Crippen LogP contribution < -0.4 is 4.74 Å². The lowest BCUT2D eigenvalue weighted by molar-refractivity contribution is -0.118. The maximum Gasteiger partial charge on any atom is 0.200 e. The van der Waals surface area contributed by atoms with E-state index in [2.05, 4.69) is 0 Å². The van der Waals surface area contributed by atoms with Crippen LogP contribution in [0.2, 0.25) is 0 Å². The number of rotatable bonds is 17. The van der Waals surface area contributed by atoms with E-state index in [0.717, 1.165) is 16.7 Å². The summed E-state index contributed by atoms with van der Waals surface area (Å²) in [6.07, 6.45) is -7.88. The Morgan fingerprint density at radius 3 is 2.29 bits per heavy atom. The van der Waals surface area contributed by atoms with Crippen molar-refractivity contribution in [3.05, 3.63) is 53.3 Å². The number of aliphatic hydroxyl groups is 10. The lowest BCUT2D eigenvalue weighted by atomic mass is 10.0. The van der Waals surface area contributed by atoms with E-state index >= 15 is 0 Å². The summed E-state index contributed by atoms with van der Waals surface area (Å²) in [6, 6.07) is 6.95. The molecule has 0 aliphatic rings. The normalized spacial score (nSPS) is 16.7. The van der Waals surface area contributed by atoms with Gasteiger partial charge in [0.05, 0.1) is 25.9 Å². The van der Waals surface area contributed by atoms with Gasteiger partial charge in [-0.3, -0.25) is 4.79 Å². The molecular formula is C24H37NO12S. The highest BCUT2D eigenvalue weighted by Gasteiger charge is 2.31. The number of hydrogen-bond donors (Lipinski definition) is 10. The minimum atomic E-state index is -1.91. The summed E-state index contributed by atoms with van der Waals surface area (Å²) >= 11 is 1.17. The van der Waals surface area contributed by atoms with Crippen LogP contribution >= 0.6 is 11.8 Å². The predicted molar refractivity (Wildman–Crippen MR) is 137 cm³/mol. The zero-order chi connectivity index (χ0) is 28.8. The zero-order valence-electron chi connectivity index (χ0n) is 20.9. The van der Waals surface area contributed by atoms with Crippen LogP contribution in [0.4, 0.5) is 0 Å². The number of thioether (sulfide) groups is 1. The van der Waals surface area contributed by atoms with Crippen molar-refractivity contribution < 1.29 is 60.6 Å². The molecule has 0 heterocycles. The Morgan fingerprint density at radius 1 is 1.03 bits per heavy atom. The molecule has 1 aromatic rings. The number of ether oxygens (including phenoxy) is 1. The third kappa shape index (κ3) is 11.0. The molecule has 0 saturated heterocycles. The zero-order valence-corrected chi connectivity index (χ0v) is 21.7. The molecule has 0 spiro atoms. The van der Waals surface area contributed by atoms with Crippen LogP contribution in [0.15, 0.2) is 47.7 Å². The minimum Gasteiger partial charge on any atom is -0.506 e. The Morgan fingerprint density at radius 2 is 1.68 bits per heavy atom. The molecule has 0 aromatic heterocycles. The van der Waals surface area contributed by atoms with Crippen molar-refractivity contribution in [3.63, 3.8) is 0 Å². The van der Waals surface area contributed by atoms with Crippen molar-refractivity contribution in [1.82, 2.24) is 4.90 Å².